The number of anilines is 1. The number of benzene rings is 1. The van der Waals surface area contributed by atoms with Crippen molar-refractivity contribution in [2.75, 3.05) is 17.4 Å². The number of hydrogen-bond acceptors (Lipinski definition) is 9. The van der Waals surface area contributed by atoms with Crippen LogP contribution in [0.15, 0.2) is 30.6 Å². The van der Waals surface area contributed by atoms with Gasteiger partial charge in [-0.25, -0.2) is 9.37 Å². The van der Waals surface area contributed by atoms with Crippen LogP contribution in [-0.2, 0) is 13.9 Å². The summed E-state index contributed by atoms with van der Waals surface area (Å²) in [7, 11) is -8.94. The molecule has 4 rings (SSSR count). The van der Waals surface area contributed by atoms with Crippen molar-refractivity contribution in [3.63, 3.8) is 0 Å². The van der Waals surface area contributed by atoms with Crippen LogP contribution in [0.2, 0.25) is 5.28 Å². The van der Waals surface area contributed by atoms with Gasteiger partial charge in [-0.1, -0.05) is 18.2 Å². The van der Waals surface area contributed by atoms with E-state index in [9.17, 15) is 28.6 Å². The van der Waals surface area contributed by atoms with E-state index in [1.165, 1.54) is 17.0 Å². The van der Waals surface area contributed by atoms with Gasteiger partial charge in [-0.2, -0.15) is 23.5 Å². The lowest BCUT2D eigenvalue weighted by atomic mass is 10.1. The number of aliphatic hydroxyl groups is 2. The van der Waals surface area contributed by atoms with Crippen LogP contribution in [0.1, 0.15) is 31.2 Å². The molecule has 0 spiro atoms. The number of aromatic nitrogens is 4. The van der Waals surface area contributed by atoms with Crippen LogP contribution < -0.4 is 5.32 Å². The molecule has 1 aliphatic rings. The topological polar surface area (TPSA) is 200 Å². The largest absolute Gasteiger partial charge is 0.388 e. The molecule has 1 aromatic carbocycles. The molecule has 210 valence electrons. The Morgan fingerprint density at radius 1 is 1.18 bits per heavy atom. The van der Waals surface area contributed by atoms with Crippen LogP contribution in [0, 0.1) is 5.82 Å². The smallest absolute Gasteiger partial charge is 0.335 e. The summed E-state index contributed by atoms with van der Waals surface area (Å²) in [6.07, 6.45) is -4.82. The van der Waals surface area contributed by atoms with Crippen molar-refractivity contribution in [2.24, 2.45) is 0 Å². The Morgan fingerprint density at radius 2 is 1.87 bits per heavy atom. The summed E-state index contributed by atoms with van der Waals surface area (Å²) in [4.78, 5) is 40.4. The summed E-state index contributed by atoms with van der Waals surface area (Å²) >= 11 is 6.11. The molecule has 38 heavy (non-hydrogen) atoms. The first-order valence-corrected chi connectivity index (χ1v) is 15.2. The monoisotopic (exact) mass is 613 g/mol. The number of fused-ring (bicyclic) bond motifs is 1. The zero-order valence-electron chi connectivity index (χ0n) is 19.8. The van der Waals surface area contributed by atoms with E-state index in [-0.39, 0.29) is 42.2 Å². The average molecular weight is 614 g/mol. The van der Waals surface area contributed by atoms with E-state index in [4.69, 9.17) is 26.1 Å². The normalized spacial score (nSPS) is 24.1. The first-order chi connectivity index (χ1) is 17.3. The van der Waals surface area contributed by atoms with Crippen molar-refractivity contribution in [2.45, 2.75) is 43.9 Å². The van der Waals surface area contributed by atoms with Crippen LogP contribution in [0.3, 0.4) is 0 Å². The highest BCUT2D eigenvalue weighted by atomic mass is 35.5. The highest BCUT2D eigenvalue weighted by Gasteiger charge is 2.45. The number of halogens is 2. The molecule has 0 radical (unpaired) electrons. The molecule has 1 saturated heterocycles. The number of aliphatic hydroxyl groups excluding tert-OH is 2. The van der Waals surface area contributed by atoms with E-state index in [1.54, 1.807) is 25.1 Å². The van der Waals surface area contributed by atoms with Crippen molar-refractivity contribution in [1.82, 2.24) is 19.5 Å². The minimum atomic E-state index is -4.73. The van der Waals surface area contributed by atoms with Gasteiger partial charge >= 0.3 is 7.60 Å². The molecule has 2 unspecified atom stereocenters. The van der Waals surface area contributed by atoms with Gasteiger partial charge in [0.25, 0.3) is 0 Å². The number of nitrogens with zero attached hydrogens (tertiary/aromatic N) is 4. The van der Waals surface area contributed by atoms with Gasteiger partial charge in [0.05, 0.1) is 18.5 Å². The fourth-order valence-electron chi connectivity index (χ4n) is 4.17. The number of nitrogens with one attached hydrogen (secondary N) is 1. The van der Waals surface area contributed by atoms with Crippen LogP contribution in [-0.4, -0.2) is 74.8 Å². The van der Waals surface area contributed by atoms with Crippen molar-refractivity contribution in [3.8, 4) is 0 Å². The maximum absolute atomic E-state index is 14.2. The van der Waals surface area contributed by atoms with Crippen LogP contribution in [0.5, 0.6) is 0 Å². The second-order valence-electron chi connectivity index (χ2n) is 8.76. The third kappa shape index (κ3) is 6.92. The number of imidazole rings is 1. The Labute approximate surface area is 228 Å². The van der Waals surface area contributed by atoms with Gasteiger partial charge < -0.3 is 34.9 Å². The summed E-state index contributed by atoms with van der Waals surface area (Å²) in [6.45, 7) is 1.72. The Kier molecular flexibility index (Phi) is 9.63. The zero-order valence-corrected chi connectivity index (χ0v) is 23.3. The molecule has 1 fully saturated rings. The highest BCUT2D eigenvalue weighted by Crippen LogP contribution is 2.55. The van der Waals surface area contributed by atoms with E-state index in [0.29, 0.717) is 5.56 Å². The summed E-state index contributed by atoms with van der Waals surface area (Å²) < 4.78 is 44.5. The van der Waals surface area contributed by atoms with Crippen LogP contribution in [0.25, 0.3) is 11.2 Å². The van der Waals surface area contributed by atoms with Gasteiger partial charge in [0.1, 0.15) is 23.9 Å². The minimum Gasteiger partial charge on any atom is -0.388 e. The molecule has 0 bridgehead atoms. The molecule has 0 amide bonds. The number of ether oxygens (including phenoxy) is 1. The van der Waals surface area contributed by atoms with Crippen LogP contribution in [0.4, 0.5) is 10.2 Å². The van der Waals surface area contributed by atoms with E-state index < -0.39 is 63.4 Å². The fourth-order valence-corrected chi connectivity index (χ4v) is 7.86. The molecule has 18 heteroatoms. The number of hydrogen-bond donors (Lipinski definition) is 6. The second-order valence-corrected chi connectivity index (χ2v) is 13.7. The van der Waals surface area contributed by atoms with Crippen molar-refractivity contribution in [3.05, 3.63) is 47.3 Å². The zero-order chi connectivity index (χ0) is 27.1. The van der Waals surface area contributed by atoms with Crippen LogP contribution >= 0.6 is 40.1 Å². The molecular formula is C20H27ClFN5O8P2S. The molecule has 6 N–H and O–H groups in total. The molecule has 1 aliphatic heterocycles. The van der Waals surface area contributed by atoms with Gasteiger partial charge in [-0.05, 0) is 31.0 Å². The number of rotatable bonds is 9. The summed E-state index contributed by atoms with van der Waals surface area (Å²) in [6, 6.07) is 5.67. The lowest BCUT2D eigenvalue weighted by Crippen LogP contribution is -2.32. The van der Waals surface area contributed by atoms with Gasteiger partial charge in [-0.3, -0.25) is 13.7 Å². The first-order valence-electron chi connectivity index (χ1n) is 11.0. The second kappa shape index (κ2) is 11.8. The molecule has 3 heterocycles. The van der Waals surface area contributed by atoms with Crippen molar-refractivity contribution in [1.29, 1.82) is 0 Å². The molecule has 6 atom stereocenters. The highest BCUT2D eigenvalue weighted by molar-refractivity contribution is 7.72. The van der Waals surface area contributed by atoms with E-state index in [0.717, 1.165) is 0 Å². The lowest BCUT2D eigenvalue weighted by molar-refractivity contribution is -0.0354. The summed E-state index contributed by atoms with van der Waals surface area (Å²) in [5, 5.41) is 24.0. The van der Waals surface area contributed by atoms with Gasteiger partial charge in [-0.15, -0.1) is 0 Å². The minimum absolute atomic E-state index is 0. The first kappa shape index (κ1) is 30.9. The molecule has 2 aromatic heterocycles. The average Bonchev–Trinajstić information content (AvgIpc) is 3.32. The molecule has 0 saturated carbocycles. The lowest BCUT2D eigenvalue weighted by Gasteiger charge is -2.18. The van der Waals surface area contributed by atoms with Gasteiger partial charge in [0.15, 0.2) is 23.2 Å². The van der Waals surface area contributed by atoms with Crippen molar-refractivity contribution < 1.29 is 43.2 Å². The fraction of sp³-hybridized carbons (Fsp3) is 0.450. The van der Waals surface area contributed by atoms with E-state index in [1.807, 2.05) is 0 Å². The SMILES string of the molecule is C[C@H](Nc1nc(Cl)nc2c1ncn2[C@@H]1O[C@H](CCP(=O)(O)CP(=O)(O)O)C(O)[C@@H]1O)c1ccccc1F.S. The third-order valence-electron chi connectivity index (χ3n) is 5.90. The molecule has 3 aromatic rings. The van der Waals surface area contributed by atoms with Gasteiger partial charge in [0, 0.05) is 11.7 Å². The summed E-state index contributed by atoms with van der Waals surface area (Å²) in [5.41, 5.74) is 0.738. The van der Waals surface area contributed by atoms with Gasteiger partial charge in [0.2, 0.25) is 12.7 Å². The predicted octanol–water partition coefficient (Wildman–Crippen LogP) is 2.32. The molecule has 13 nitrogen and oxygen atoms in total. The maximum Gasteiger partial charge on any atom is 0.335 e. The summed E-state index contributed by atoms with van der Waals surface area (Å²) in [5.74, 6) is -1.43. The Morgan fingerprint density at radius 3 is 2.53 bits per heavy atom. The van der Waals surface area contributed by atoms with E-state index in [2.05, 4.69) is 20.3 Å². The Hall–Kier alpha value is -1.64. The Balaban J connectivity index is 0.00000400. The maximum atomic E-state index is 14.2. The molecular weight excluding hydrogens is 587 g/mol. The quantitative estimate of drug-likeness (QED) is 0.152. The standard InChI is InChI=1S/C20H25ClFN5O8P2.H2S/c1-10(11-4-2-3-5-12(11)22)24-17-14-18(26-20(21)25-17)27(8-23-14)19-16(29)15(28)13(35-19)6-7-36(30,31)9-37(32,33)34;/h2-5,8,10,13,15-16,19,28-29H,6-7,9H2,1H3,(H,30,31)(H,24,25,26)(H2,32,33,34);1H2/t10-,13+,15?,16-,19+;/m0./s1. The van der Waals surface area contributed by atoms with E-state index >= 15 is 0 Å². The third-order valence-corrected chi connectivity index (χ3v) is 10.3. The Bertz CT molecular complexity index is 1400. The van der Waals surface area contributed by atoms with Crippen molar-refractivity contribution >= 4 is 57.0 Å². The predicted molar refractivity (Wildman–Crippen MR) is 141 cm³/mol. The molecule has 0 aliphatic carbocycles.